The average Bonchev–Trinajstić information content (AvgIpc) is 3.05. The minimum Gasteiger partial charge on any atom is -0.356 e. The van der Waals surface area contributed by atoms with Crippen molar-refractivity contribution in [3.63, 3.8) is 0 Å². The second kappa shape index (κ2) is 9.17. The summed E-state index contributed by atoms with van der Waals surface area (Å²) in [5, 5.41) is 5.97. The van der Waals surface area contributed by atoms with Crippen molar-refractivity contribution in [2.75, 3.05) is 31.6 Å². The van der Waals surface area contributed by atoms with Gasteiger partial charge in [0.05, 0.1) is 17.3 Å². The molecule has 1 amide bonds. The van der Waals surface area contributed by atoms with Gasteiger partial charge in [0.15, 0.2) is 0 Å². The lowest BCUT2D eigenvalue weighted by atomic mass is 9.86. The average molecular weight is 457 g/mol. The molecule has 1 aliphatic heterocycles. The van der Waals surface area contributed by atoms with Crippen molar-refractivity contribution in [1.82, 2.24) is 4.90 Å². The predicted octanol–water partition coefficient (Wildman–Crippen LogP) is 6.09. The van der Waals surface area contributed by atoms with Gasteiger partial charge >= 0.3 is 0 Å². The molecule has 0 fully saturated rings. The molecule has 1 unspecified atom stereocenters. The van der Waals surface area contributed by atoms with Crippen LogP contribution in [0.4, 0.5) is 5.69 Å². The van der Waals surface area contributed by atoms with Crippen LogP contribution >= 0.6 is 23.2 Å². The first-order chi connectivity index (χ1) is 15.0. The molecule has 1 heterocycles. The minimum absolute atomic E-state index is 0.246. The molecule has 4 nitrogen and oxygen atoms in total. The monoisotopic (exact) mass is 456 g/mol. The third kappa shape index (κ3) is 4.06. The quantitative estimate of drug-likeness (QED) is 0.416. The van der Waals surface area contributed by atoms with Gasteiger partial charge < -0.3 is 15.0 Å². The molecule has 0 saturated heterocycles. The number of benzene rings is 3. The molecule has 0 saturated carbocycles. The summed E-state index contributed by atoms with van der Waals surface area (Å²) in [4.78, 5) is 15.8. The Hall–Kier alpha value is -2.11. The van der Waals surface area contributed by atoms with Crippen LogP contribution in [0, 0.1) is 0 Å². The zero-order valence-corrected chi connectivity index (χ0v) is 19.3. The Balaban J connectivity index is 1.77. The van der Waals surface area contributed by atoms with Crippen LogP contribution in [0.25, 0.3) is 10.8 Å². The second-order valence-corrected chi connectivity index (χ2v) is 8.58. The third-order valence-electron chi connectivity index (χ3n) is 5.96. The molecule has 3 aromatic carbocycles. The van der Waals surface area contributed by atoms with Gasteiger partial charge in [-0.25, -0.2) is 0 Å². The minimum atomic E-state index is -1.32. The molecular weight excluding hydrogens is 431 g/mol. The van der Waals surface area contributed by atoms with Crippen LogP contribution in [0.3, 0.4) is 0 Å². The fraction of sp³-hybridized carbons (Fsp3) is 0.320. The van der Waals surface area contributed by atoms with E-state index in [1.165, 1.54) is 0 Å². The van der Waals surface area contributed by atoms with Crippen LogP contribution < -0.4 is 5.32 Å². The Morgan fingerprint density at radius 1 is 1.00 bits per heavy atom. The molecule has 0 aromatic heterocycles. The number of carbonyl (C=O) groups excluding carboxylic acids is 1. The Bertz CT molecular complexity index is 1110. The van der Waals surface area contributed by atoms with Crippen LogP contribution in [-0.2, 0) is 15.1 Å². The lowest BCUT2D eigenvalue weighted by Crippen LogP contribution is -2.39. The first kappa shape index (κ1) is 22.1. The molecule has 1 aliphatic rings. The molecule has 31 heavy (non-hydrogen) atoms. The van der Waals surface area contributed by atoms with E-state index >= 15 is 0 Å². The largest absolute Gasteiger partial charge is 0.356 e. The van der Waals surface area contributed by atoms with E-state index in [1.54, 1.807) is 12.1 Å². The number of hydrogen-bond acceptors (Lipinski definition) is 3. The first-order valence-corrected chi connectivity index (χ1v) is 11.4. The summed E-state index contributed by atoms with van der Waals surface area (Å²) in [6.07, 6.45) is 0.810. The van der Waals surface area contributed by atoms with Crippen molar-refractivity contribution in [2.24, 2.45) is 0 Å². The van der Waals surface area contributed by atoms with Crippen LogP contribution in [-0.4, -0.2) is 37.0 Å². The topological polar surface area (TPSA) is 41.6 Å². The number of nitrogens with one attached hydrogen (secondary N) is 1. The summed E-state index contributed by atoms with van der Waals surface area (Å²) in [6.45, 7) is 7.59. The fourth-order valence-electron chi connectivity index (χ4n) is 4.31. The maximum atomic E-state index is 13.4. The van der Waals surface area contributed by atoms with E-state index in [0.29, 0.717) is 27.9 Å². The normalized spacial score (nSPS) is 17.9. The number of ether oxygens (including phenoxy) is 1. The number of hydrogen-bond donors (Lipinski definition) is 1. The maximum Gasteiger partial charge on any atom is 0.266 e. The summed E-state index contributed by atoms with van der Waals surface area (Å²) < 4.78 is 6.46. The molecular formula is C25H26Cl2N2O2. The second-order valence-electron chi connectivity index (χ2n) is 7.74. The van der Waals surface area contributed by atoms with Crippen LogP contribution in [0.2, 0.25) is 10.0 Å². The summed E-state index contributed by atoms with van der Waals surface area (Å²) >= 11 is 12.8. The van der Waals surface area contributed by atoms with Gasteiger partial charge in [-0.3, -0.25) is 4.79 Å². The van der Waals surface area contributed by atoms with Crippen molar-refractivity contribution in [1.29, 1.82) is 0 Å². The van der Waals surface area contributed by atoms with Gasteiger partial charge in [-0.1, -0.05) is 73.4 Å². The van der Waals surface area contributed by atoms with Crippen molar-refractivity contribution in [3.8, 4) is 0 Å². The van der Waals surface area contributed by atoms with Crippen LogP contribution in [0.5, 0.6) is 0 Å². The molecule has 1 N–H and O–H groups in total. The van der Waals surface area contributed by atoms with Gasteiger partial charge in [-0.15, -0.1) is 0 Å². The molecule has 0 bridgehead atoms. The summed E-state index contributed by atoms with van der Waals surface area (Å²) in [7, 11) is 0. The highest BCUT2D eigenvalue weighted by molar-refractivity contribution is 6.37. The Morgan fingerprint density at radius 2 is 1.74 bits per heavy atom. The Kier molecular flexibility index (Phi) is 6.54. The van der Waals surface area contributed by atoms with Crippen molar-refractivity contribution < 1.29 is 9.53 Å². The molecule has 0 aliphatic carbocycles. The van der Waals surface area contributed by atoms with Crippen molar-refractivity contribution >= 4 is 45.6 Å². The van der Waals surface area contributed by atoms with E-state index in [4.69, 9.17) is 27.9 Å². The number of anilines is 1. The number of halogens is 2. The van der Waals surface area contributed by atoms with Crippen LogP contribution in [0.1, 0.15) is 31.4 Å². The maximum absolute atomic E-state index is 13.4. The SMILES string of the molecule is CCN(CC)CCCOC1(c2ccc3ccccc3c2)C(=O)Nc2cc(Cl)cc(Cl)c21. The van der Waals surface area contributed by atoms with Gasteiger partial charge in [0.1, 0.15) is 0 Å². The highest BCUT2D eigenvalue weighted by Gasteiger charge is 2.51. The zero-order valence-electron chi connectivity index (χ0n) is 17.8. The van der Waals surface area contributed by atoms with E-state index in [0.717, 1.165) is 42.4 Å². The van der Waals surface area contributed by atoms with E-state index in [9.17, 15) is 4.79 Å². The highest BCUT2D eigenvalue weighted by Crippen LogP contribution is 2.49. The lowest BCUT2D eigenvalue weighted by molar-refractivity contribution is -0.136. The smallest absolute Gasteiger partial charge is 0.266 e. The number of rotatable bonds is 8. The predicted molar refractivity (Wildman–Crippen MR) is 128 cm³/mol. The molecule has 0 radical (unpaired) electrons. The molecule has 0 spiro atoms. The van der Waals surface area contributed by atoms with E-state index in [-0.39, 0.29) is 5.91 Å². The van der Waals surface area contributed by atoms with E-state index in [2.05, 4.69) is 24.1 Å². The van der Waals surface area contributed by atoms with E-state index < -0.39 is 5.60 Å². The van der Waals surface area contributed by atoms with Gasteiger partial charge in [0.2, 0.25) is 5.60 Å². The number of amides is 1. The number of carbonyl (C=O) groups is 1. The molecule has 3 aromatic rings. The fourth-order valence-corrected chi connectivity index (χ4v) is 4.94. The lowest BCUT2D eigenvalue weighted by Gasteiger charge is -2.30. The van der Waals surface area contributed by atoms with Gasteiger partial charge in [-0.05, 0) is 54.0 Å². The van der Waals surface area contributed by atoms with Gasteiger partial charge in [-0.2, -0.15) is 0 Å². The summed E-state index contributed by atoms with van der Waals surface area (Å²) in [6, 6.07) is 17.4. The Labute approximate surface area is 193 Å². The van der Waals surface area contributed by atoms with Gasteiger partial charge in [0, 0.05) is 17.1 Å². The molecule has 162 valence electrons. The summed E-state index contributed by atoms with van der Waals surface area (Å²) in [5.41, 5.74) is 0.667. The number of fused-ring (bicyclic) bond motifs is 2. The van der Waals surface area contributed by atoms with Crippen molar-refractivity contribution in [2.45, 2.75) is 25.9 Å². The zero-order chi connectivity index (χ0) is 22.0. The Morgan fingerprint density at radius 3 is 2.48 bits per heavy atom. The first-order valence-electron chi connectivity index (χ1n) is 10.7. The van der Waals surface area contributed by atoms with E-state index in [1.807, 2.05) is 42.5 Å². The van der Waals surface area contributed by atoms with Crippen LogP contribution in [0.15, 0.2) is 54.6 Å². The van der Waals surface area contributed by atoms with Gasteiger partial charge in [0.25, 0.3) is 5.91 Å². The summed E-state index contributed by atoms with van der Waals surface area (Å²) in [5.74, 6) is -0.246. The highest BCUT2D eigenvalue weighted by atomic mass is 35.5. The van der Waals surface area contributed by atoms with Crippen molar-refractivity contribution in [3.05, 3.63) is 75.8 Å². The number of nitrogens with zero attached hydrogens (tertiary/aromatic N) is 1. The molecule has 4 rings (SSSR count). The third-order valence-corrected chi connectivity index (χ3v) is 6.48. The molecule has 6 heteroatoms. The molecule has 1 atom stereocenters. The standard InChI is InChI=1S/C25H26Cl2N2O2/c1-3-29(4-2)12-7-13-31-25(19-11-10-17-8-5-6-9-18(17)14-19)23-21(27)15-20(26)16-22(23)28-24(25)30/h5-6,8-11,14-16H,3-4,7,12-13H2,1-2H3,(H,28,30).